The van der Waals surface area contributed by atoms with Crippen LogP contribution < -0.4 is 0 Å². The molecule has 0 radical (unpaired) electrons. The smallest absolute Gasteiger partial charge is 0.225 e. The highest BCUT2D eigenvalue weighted by Gasteiger charge is 2.34. The third kappa shape index (κ3) is 5.30. The van der Waals surface area contributed by atoms with E-state index in [9.17, 15) is 5.11 Å². The Kier molecular flexibility index (Phi) is 6.89. The van der Waals surface area contributed by atoms with Crippen LogP contribution in [0.2, 0.25) is 0 Å². The normalized spacial score (nSPS) is 12.8. The first-order valence-electron chi connectivity index (χ1n) is 13.0. The zero-order chi connectivity index (χ0) is 26.5. The summed E-state index contributed by atoms with van der Waals surface area (Å²) in [5, 5.41) is 12.3. The Bertz CT molecular complexity index is 1590. The largest absolute Gasteiger partial charge is 0.445 e. The highest BCUT2D eigenvalue weighted by atomic mass is 16.3. The molecule has 0 saturated heterocycles. The molecule has 6 rings (SSSR count). The highest BCUT2D eigenvalue weighted by Crippen LogP contribution is 2.36. The minimum absolute atomic E-state index is 0.521. The number of hydrogen-bond acceptors (Lipinski definition) is 6. The number of aromatic nitrogens is 4. The molecule has 0 aliphatic rings. The van der Waals surface area contributed by atoms with Crippen molar-refractivity contribution in [1.82, 2.24) is 19.5 Å². The van der Waals surface area contributed by atoms with Crippen LogP contribution in [-0.2, 0) is 18.6 Å². The fourth-order valence-electron chi connectivity index (χ4n) is 4.97. The van der Waals surface area contributed by atoms with E-state index in [2.05, 4.69) is 39.2 Å². The van der Waals surface area contributed by atoms with Crippen LogP contribution in [0.1, 0.15) is 35.2 Å². The molecule has 0 amide bonds. The summed E-state index contributed by atoms with van der Waals surface area (Å²) in [5.41, 5.74) is 4.44. The van der Waals surface area contributed by atoms with Gasteiger partial charge in [0, 0.05) is 17.7 Å². The predicted molar refractivity (Wildman–Crippen MR) is 148 cm³/mol. The first-order valence-corrected chi connectivity index (χ1v) is 13.0. The van der Waals surface area contributed by atoms with E-state index in [0.29, 0.717) is 24.7 Å². The van der Waals surface area contributed by atoms with E-state index >= 15 is 0 Å². The molecule has 7 heteroatoms. The molecule has 0 saturated carbocycles. The van der Waals surface area contributed by atoms with Gasteiger partial charge in [-0.25, -0.2) is 15.0 Å². The molecule has 0 aliphatic carbocycles. The summed E-state index contributed by atoms with van der Waals surface area (Å²) < 4.78 is 12.9. The summed E-state index contributed by atoms with van der Waals surface area (Å²) >= 11 is 0. The zero-order valence-electron chi connectivity index (χ0n) is 21.4. The molecule has 194 valence electrons. The van der Waals surface area contributed by atoms with Gasteiger partial charge in [0.15, 0.2) is 0 Å². The molecule has 3 heterocycles. The van der Waals surface area contributed by atoms with Crippen molar-refractivity contribution in [3.63, 3.8) is 0 Å². The summed E-state index contributed by atoms with van der Waals surface area (Å²) in [6, 6.07) is 26.2. The van der Waals surface area contributed by atoms with Crippen LogP contribution in [0.4, 0.5) is 0 Å². The van der Waals surface area contributed by atoms with Gasteiger partial charge < -0.3 is 18.5 Å². The van der Waals surface area contributed by atoms with Crippen molar-refractivity contribution >= 4 is 0 Å². The van der Waals surface area contributed by atoms with Gasteiger partial charge in [0.05, 0.1) is 30.6 Å². The Morgan fingerprint density at radius 3 is 2.00 bits per heavy atom. The van der Waals surface area contributed by atoms with Crippen molar-refractivity contribution in [1.29, 1.82) is 0 Å². The van der Waals surface area contributed by atoms with Gasteiger partial charge in [-0.1, -0.05) is 54.6 Å². The molecular weight excluding hydrogens is 488 g/mol. The molecule has 0 spiro atoms. The molecule has 0 fully saturated rings. The third-order valence-electron chi connectivity index (χ3n) is 7.01. The first-order chi connectivity index (χ1) is 19.2. The molecule has 7 nitrogen and oxygen atoms in total. The zero-order valence-corrected chi connectivity index (χ0v) is 21.4. The van der Waals surface area contributed by atoms with Crippen molar-refractivity contribution in [2.45, 2.75) is 31.4 Å². The van der Waals surface area contributed by atoms with Gasteiger partial charge in [0.2, 0.25) is 11.8 Å². The molecule has 0 bridgehead atoms. The molecular formula is C32H28N4O3. The Balaban J connectivity index is 1.26. The summed E-state index contributed by atoms with van der Waals surface area (Å²) in [4.78, 5) is 12.9. The van der Waals surface area contributed by atoms with Gasteiger partial charge >= 0.3 is 0 Å². The van der Waals surface area contributed by atoms with E-state index in [0.717, 1.165) is 40.8 Å². The number of aryl methyl sites for hydroxylation is 1. The van der Waals surface area contributed by atoms with Crippen molar-refractivity contribution in [3.05, 3.63) is 139 Å². The Morgan fingerprint density at radius 2 is 1.38 bits per heavy atom. The summed E-state index contributed by atoms with van der Waals surface area (Å²) in [6.45, 7) is 0.620. The van der Waals surface area contributed by atoms with Crippen LogP contribution in [-0.4, -0.2) is 24.6 Å². The number of benzene rings is 3. The van der Waals surface area contributed by atoms with E-state index in [1.807, 2.05) is 59.2 Å². The summed E-state index contributed by atoms with van der Waals surface area (Å²) in [6.07, 6.45) is 12.1. The van der Waals surface area contributed by atoms with E-state index in [4.69, 9.17) is 8.83 Å². The number of hydrogen-bond donors (Lipinski definition) is 1. The van der Waals surface area contributed by atoms with Crippen molar-refractivity contribution in [2.75, 3.05) is 0 Å². The van der Waals surface area contributed by atoms with E-state index < -0.39 is 5.60 Å². The summed E-state index contributed by atoms with van der Waals surface area (Å²) in [7, 11) is 0. The molecule has 3 aromatic heterocycles. The number of oxazole rings is 2. The van der Waals surface area contributed by atoms with Crippen molar-refractivity contribution < 1.29 is 13.9 Å². The van der Waals surface area contributed by atoms with Gasteiger partial charge in [-0.15, -0.1) is 0 Å². The Morgan fingerprint density at radius 1 is 0.744 bits per heavy atom. The molecule has 1 atom stereocenters. The molecule has 1 N–H and O–H groups in total. The van der Waals surface area contributed by atoms with E-state index in [1.165, 1.54) is 5.56 Å². The van der Waals surface area contributed by atoms with Gasteiger partial charge in [-0.05, 0) is 60.2 Å². The summed E-state index contributed by atoms with van der Waals surface area (Å²) in [5.74, 6) is 1.16. The van der Waals surface area contributed by atoms with Gasteiger partial charge in [0.1, 0.15) is 18.1 Å². The van der Waals surface area contributed by atoms with Crippen LogP contribution in [0.25, 0.3) is 22.9 Å². The predicted octanol–water partition coefficient (Wildman–Crippen LogP) is 6.50. The van der Waals surface area contributed by atoms with Crippen LogP contribution in [0.15, 0.2) is 125 Å². The van der Waals surface area contributed by atoms with Crippen molar-refractivity contribution in [3.8, 4) is 22.9 Å². The maximum Gasteiger partial charge on any atom is 0.225 e. The van der Waals surface area contributed by atoms with E-state index in [1.54, 1.807) is 37.4 Å². The average molecular weight is 517 g/mol. The molecule has 3 aromatic carbocycles. The third-order valence-corrected chi connectivity index (χ3v) is 7.01. The van der Waals surface area contributed by atoms with Gasteiger partial charge in [-0.3, -0.25) is 0 Å². The fraction of sp³-hybridized carbons (Fsp3) is 0.156. The van der Waals surface area contributed by atoms with E-state index in [-0.39, 0.29) is 0 Å². The number of nitrogens with zero attached hydrogens (tertiary/aromatic N) is 4. The Hall–Kier alpha value is -4.75. The monoisotopic (exact) mass is 516 g/mol. The molecule has 1 unspecified atom stereocenters. The van der Waals surface area contributed by atoms with Crippen LogP contribution >= 0.6 is 0 Å². The second kappa shape index (κ2) is 10.9. The van der Waals surface area contributed by atoms with Crippen LogP contribution in [0.5, 0.6) is 0 Å². The first kappa shape index (κ1) is 24.6. The number of aliphatic hydroxyl groups is 1. The van der Waals surface area contributed by atoms with Crippen LogP contribution in [0, 0.1) is 0 Å². The lowest BCUT2D eigenvalue weighted by molar-refractivity contribution is 0.0607. The molecule has 39 heavy (non-hydrogen) atoms. The lowest BCUT2D eigenvalue weighted by atomic mass is 9.84. The lowest BCUT2D eigenvalue weighted by Crippen LogP contribution is -2.30. The standard InChI is InChI=1S/C32H28N4O3/c37-32(28-14-12-27(13-15-28)31-35-18-20-39-31,29-21-33-23-36(29)22-25-5-2-1-3-6-25)16-4-7-24-8-10-26(11-9-24)30-34-17-19-38-30/h1-3,5-6,8-15,17-21,23,37H,4,7,16,22H2. The second-order valence-corrected chi connectivity index (χ2v) is 9.55. The molecule has 0 aliphatic heterocycles. The highest BCUT2D eigenvalue weighted by molar-refractivity contribution is 5.55. The minimum Gasteiger partial charge on any atom is -0.445 e. The average Bonchev–Trinajstić information content (AvgIpc) is 3.78. The second-order valence-electron chi connectivity index (χ2n) is 9.55. The maximum atomic E-state index is 12.3. The minimum atomic E-state index is -1.24. The van der Waals surface area contributed by atoms with Crippen LogP contribution in [0.3, 0.4) is 0 Å². The van der Waals surface area contributed by atoms with Crippen molar-refractivity contribution in [2.24, 2.45) is 0 Å². The lowest BCUT2D eigenvalue weighted by Gasteiger charge is -2.30. The Labute approximate surface area is 226 Å². The quantitative estimate of drug-likeness (QED) is 0.224. The topological polar surface area (TPSA) is 90.1 Å². The maximum absolute atomic E-state index is 12.3. The van der Waals surface area contributed by atoms with Gasteiger partial charge in [0.25, 0.3) is 0 Å². The number of imidazole rings is 1. The molecule has 6 aromatic rings. The SMILES string of the molecule is OC(CCCc1ccc(-c2ncco2)cc1)(c1ccc(-c2ncco2)cc1)c1cncn1Cc1ccccc1. The van der Waals surface area contributed by atoms with Gasteiger partial charge in [-0.2, -0.15) is 0 Å². The number of rotatable bonds is 10. The fourth-order valence-corrected chi connectivity index (χ4v) is 4.97.